The van der Waals surface area contributed by atoms with Crippen molar-refractivity contribution >= 4 is 0 Å². The molecule has 0 unspecified atom stereocenters. The fourth-order valence-electron chi connectivity index (χ4n) is 10.4. The molecule has 59 heavy (non-hydrogen) atoms. The number of rotatable bonds is 8. The molecule has 2 aliphatic carbocycles. The Bertz CT molecular complexity index is 1950. The molecule has 0 radical (unpaired) electrons. The molecule has 4 aromatic rings. The van der Waals surface area contributed by atoms with E-state index < -0.39 is 0 Å². The predicted octanol–water partition coefficient (Wildman–Crippen LogP) is 15.0. The van der Waals surface area contributed by atoms with Gasteiger partial charge in [-0.25, -0.2) is 0 Å². The van der Waals surface area contributed by atoms with E-state index in [0.29, 0.717) is 29.4 Å². The molecule has 4 aromatic carbocycles. The van der Waals surface area contributed by atoms with Gasteiger partial charge in [-0.2, -0.15) is 0 Å². The SMILES string of the molecule is CCCC(c1cc(C(C)(C)C)c(O)cc1C)c1cc(C(C)(C)C)c(O)cc1C.Cc1cc(Cc2cc(C)cc(C3(C)CCCCC3)c2O)c(O)c(C2(C)CCCCC2)c1. The van der Waals surface area contributed by atoms with Crippen LogP contribution in [0, 0.1) is 27.7 Å². The van der Waals surface area contributed by atoms with Crippen LogP contribution in [0.15, 0.2) is 48.5 Å². The number of aryl methyl sites for hydroxylation is 4. The summed E-state index contributed by atoms with van der Waals surface area (Å²) in [5.41, 5.74) is 13.1. The van der Waals surface area contributed by atoms with E-state index in [9.17, 15) is 20.4 Å². The number of hydrogen-bond donors (Lipinski definition) is 4. The second kappa shape index (κ2) is 18.0. The summed E-state index contributed by atoms with van der Waals surface area (Å²) in [6, 6.07) is 16.8. The molecule has 0 spiro atoms. The summed E-state index contributed by atoms with van der Waals surface area (Å²) in [6.07, 6.45) is 14.8. The molecule has 4 N–H and O–H groups in total. The highest BCUT2D eigenvalue weighted by Crippen LogP contribution is 2.48. The van der Waals surface area contributed by atoms with E-state index in [1.165, 1.54) is 60.8 Å². The van der Waals surface area contributed by atoms with Crippen LogP contribution in [0.3, 0.4) is 0 Å². The Balaban J connectivity index is 0.000000226. The topological polar surface area (TPSA) is 80.9 Å². The number of aromatic hydroxyl groups is 4. The van der Waals surface area contributed by atoms with Crippen LogP contribution in [-0.4, -0.2) is 20.4 Å². The van der Waals surface area contributed by atoms with Crippen LogP contribution in [0.25, 0.3) is 0 Å². The molecule has 0 atom stereocenters. The zero-order chi connectivity index (χ0) is 43.7. The van der Waals surface area contributed by atoms with Crippen LogP contribution >= 0.6 is 0 Å². The van der Waals surface area contributed by atoms with Crippen LogP contribution in [0.2, 0.25) is 0 Å². The predicted molar refractivity (Wildman–Crippen MR) is 249 cm³/mol. The molecule has 322 valence electrons. The second-order valence-corrected chi connectivity index (χ2v) is 21.4. The largest absolute Gasteiger partial charge is 0.508 e. The van der Waals surface area contributed by atoms with Gasteiger partial charge < -0.3 is 20.4 Å². The molecule has 2 aliphatic rings. The van der Waals surface area contributed by atoms with E-state index in [1.54, 1.807) is 0 Å². The number of phenols is 4. The smallest absolute Gasteiger partial charge is 0.122 e. The number of hydrogen-bond acceptors (Lipinski definition) is 4. The fraction of sp³-hybridized carbons (Fsp3) is 0.564. The average molecular weight is 803 g/mol. The molecule has 0 saturated heterocycles. The standard InChI is InChI=1S/C29H40O2.C26H38O2/c1-20-15-22(26(30)24(17-20)28(3)11-7-5-8-12-28)19-23-16-21(2)18-25(27(23)31)29(4)13-9-6-10-14-29;1-10-11-18(19-14-21(25(4,5)6)23(27)12-16(19)2)20-15-22(26(7,8)9)24(28)13-17(20)3/h15-18,30-31H,5-14,19H2,1-4H3;12-15,18,27-28H,10-11H2,1-9H3. The lowest BCUT2D eigenvalue weighted by molar-refractivity contribution is 0.306. The molecule has 0 aliphatic heterocycles. The first-order valence-electron chi connectivity index (χ1n) is 22.8. The zero-order valence-corrected chi connectivity index (χ0v) is 39.2. The van der Waals surface area contributed by atoms with Gasteiger partial charge in [-0.1, -0.05) is 155 Å². The monoisotopic (exact) mass is 803 g/mol. The van der Waals surface area contributed by atoms with Crippen LogP contribution in [0.1, 0.15) is 212 Å². The summed E-state index contributed by atoms with van der Waals surface area (Å²) in [6.45, 7) is 28.1. The van der Waals surface area contributed by atoms with Crippen LogP contribution < -0.4 is 0 Å². The number of phenolic OH excluding ortho intramolecular Hbond substituents is 4. The molecule has 6 rings (SSSR count). The van der Waals surface area contributed by atoms with Gasteiger partial charge in [0.25, 0.3) is 0 Å². The molecule has 4 heteroatoms. The molecule has 0 amide bonds. The first-order valence-corrected chi connectivity index (χ1v) is 22.8. The third kappa shape index (κ3) is 10.3. The molecule has 4 nitrogen and oxygen atoms in total. The third-order valence-electron chi connectivity index (χ3n) is 14.0. The van der Waals surface area contributed by atoms with Crippen LogP contribution in [0.4, 0.5) is 0 Å². The van der Waals surface area contributed by atoms with Crippen molar-refractivity contribution in [3.8, 4) is 23.0 Å². The highest BCUT2D eigenvalue weighted by Gasteiger charge is 2.34. The summed E-state index contributed by atoms with van der Waals surface area (Å²) in [5.74, 6) is 1.89. The van der Waals surface area contributed by atoms with Gasteiger partial charge in [0.1, 0.15) is 23.0 Å². The molecular weight excluding hydrogens is 725 g/mol. The highest BCUT2D eigenvalue weighted by atomic mass is 16.3. The van der Waals surface area contributed by atoms with Gasteiger partial charge in [0.2, 0.25) is 0 Å². The quantitative estimate of drug-likeness (QED) is 0.143. The van der Waals surface area contributed by atoms with E-state index in [2.05, 4.69) is 126 Å². The summed E-state index contributed by atoms with van der Waals surface area (Å²) >= 11 is 0. The Morgan fingerprint density at radius 2 is 0.881 bits per heavy atom. The molecule has 2 fully saturated rings. The Labute approximate surface area is 358 Å². The van der Waals surface area contributed by atoms with Gasteiger partial charge in [-0.15, -0.1) is 0 Å². The van der Waals surface area contributed by atoms with Crippen molar-refractivity contribution in [3.05, 3.63) is 115 Å². The van der Waals surface area contributed by atoms with Gasteiger partial charge in [0.05, 0.1) is 0 Å². The van der Waals surface area contributed by atoms with E-state index >= 15 is 0 Å². The zero-order valence-electron chi connectivity index (χ0n) is 39.2. The van der Waals surface area contributed by atoms with E-state index in [4.69, 9.17) is 0 Å². The average Bonchev–Trinajstić information content (AvgIpc) is 3.13. The van der Waals surface area contributed by atoms with Gasteiger partial charge >= 0.3 is 0 Å². The summed E-state index contributed by atoms with van der Waals surface area (Å²) in [4.78, 5) is 0. The molecular formula is C55H78O4. The Morgan fingerprint density at radius 1 is 0.525 bits per heavy atom. The summed E-state index contributed by atoms with van der Waals surface area (Å²) < 4.78 is 0. The van der Waals surface area contributed by atoms with Crippen molar-refractivity contribution in [2.45, 2.75) is 201 Å². The maximum absolute atomic E-state index is 11.3. The maximum Gasteiger partial charge on any atom is 0.122 e. The van der Waals surface area contributed by atoms with Gasteiger partial charge in [0.15, 0.2) is 0 Å². The van der Waals surface area contributed by atoms with Crippen molar-refractivity contribution in [1.82, 2.24) is 0 Å². The first-order chi connectivity index (χ1) is 27.5. The van der Waals surface area contributed by atoms with Crippen molar-refractivity contribution in [2.75, 3.05) is 0 Å². The Morgan fingerprint density at radius 3 is 1.20 bits per heavy atom. The third-order valence-corrected chi connectivity index (χ3v) is 14.0. The van der Waals surface area contributed by atoms with E-state index in [-0.39, 0.29) is 27.6 Å². The first kappa shape index (κ1) is 46.2. The maximum atomic E-state index is 11.3. The fourth-order valence-corrected chi connectivity index (χ4v) is 10.4. The van der Waals surface area contributed by atoms with Crippen LogP contribution in [-0.2, 0) is 28.1 Å². The molecule has 2 saturated carbocycles. The number of benzene rings is 4. The van der Waals surface area contributed by atoms with Gasteiger partial charge in [-0.05, 0) is 138 Å². The minimum Gasteiger partial charge on any atom is -0.508 e. The van der Waals surface area contributed by atoms with E-state index in [1.807, 2.05) is 12.1 Å². The normalized spacial score (nSPS) is 16.8. The Hall–Kier alpha value is -3.92. The van der Waals surface area contributed by atoms with E-state index in [0.717, 1.165) is 83.0 Å². The van der Waals surface area contributed by atoms with Crippen molar-refractivity contribution < 1.29 is 20.4 Å². The van der Waals surface area contributed by atoms with Gasteiger partial charge in [-0.3, -0.25) is 0 Å². The van der Waals surface area contributed by atoms with Crippen molar-refractivity contribution in [3.63, 3.8) is 0 Å². The second-order valence-electron chi connectivity index (χ2n) is 21.4. The van der Waals surface area contributed by atoms with Crippen molar-refractivity contribution in [1.29, 1.82) is 0 Å². The lowest BCUT2D eigenvalue weighted by Gasteiger charge is -2.36. The van der Waals surface area contributed by atoms with Crippen molar-refractivity contribution in [2.24, 2.45) is 0 Å². The minimum atomic E-state index is -0.121. The molecule has 0 aromatic heterocycles. The summed E-state index contributed by atoms with van der Waals surface area (Å²) in [7, 11) is 0. The van der Waals surface area contributed by atoms with Gasteiger partial charge in [0, 0.05) is 23.5 Å². The lowest BCUT2D eigenvalue weighted by atomic mass is 9.69. The van der Waals surface area contributed by atoms with Crippen LogP contribution in [0.5, 0.6) is 23.0 Å². The highest BCUT2D eigenvalue weighted by molar-refractivity contribution is 5.55. The molecule has 0 bridgehead atoms. The lowest BCUT2D eigenvalue weighted by Crippen LogP contribution is -2.26. The minimum absolute atomic E-state index is 0.0541. The Kier molecular flexibility index (Phi) is 14.1. The summed E-state index contributed by atoms with van der Waals surface area (Å²) in [5, 5.41) is 43.8. The molecule has 0 heterocycles.